The van der Waals surface area contributed by atoms with E-state index in [2.05, 4.69) is 0 Å². The standard InChI is InChI=1S/C21H24O11/c1-11(22)27-10-16-17(28-12(2)23)18(29-13(3)24)19(30-14(4)25)21(31-16)32-20(26)15-8-6-5-7-9-15/h5-9,16-19,21H,10H2,1-4H3/t16-,17+,18+,19-,21+/m1/s1. The van der Waals surface area contributed by atoms with E-state index in [1.165, 1.54) is 12.1 Å². The maximum absolute atomic E-state index is 12.6. The highest BCUT2D eigenvalue weighted by Gasteiger charge is 2.53. The van der Waals surface area contributed by atoms with Gasteiger partial charge in [-0.3, -0.25) is 19.2 Å². The van der Waals surface area contributed by atoms with Crippen molar-refractivity contribution in [1.29, 1.82) is 0 Å². The zero-order valence-corrected chi connectivity index (χ0v) is 18.0. The number of carbonyl (C=O) groups excluding carboxylic acids is 5. The van der Waals surface area contributed by atoms with Crippen molar-refractivity contribution in [3.8, 4) is 0 Å². The van der Waals surface area contributed by atoms with Gasteiger partial charge in [0.05, 0.1) is 5.56 Å². The van der Waals surface area contributed by atoms with E-state index in [1.54, 1.807) is 18.2 Å². The Morgan fingerprint density at radius 2 is 1.25 bits per heavy atom. The van der Waals surface area contributed by atoms with Crippen LogP contribution in [0.4, 0.5) is 0 Å². The summed E-state index contributed by atoms with van der Waals surface area (Å²) in [5.74, 6) is -3.81. The third-order valence-electron chi connectivity index (χ3n) is 4.18. The highest BCUT2D eigenvalue weighted by atomic mass is 16.7. The van der Waals surface area contributed by atoms with Crippen LogP contribution in [0.5, 0.6) is 0 Å². The van der Waals surface area contributed by atoms with Crippen molar-refractivity contribution < 1.29 is 52.4 Å². The smallest absolute Gasteiger partial charge is 0.340 e. The Kier molecular flexibility index (Phi) is 8.71. The molecule has 1 aromatic carbocycles. The van der Waals surface area contributed by atoms with Crippen molar-refractivity contribution >= 4 is 29.8 Å². The summed E-state index contributed by atoms with van der Waals surface area (Å²) in [5.41, 5.74) is 0.181. The highest BCUT2D eigenvalue weighted by Crippen LogP contribution is 2.30. The number of rotatable bonds is 7. The van der Waals surface area contributed by atoms with Gasteiger partial charge in [0.15, 0.2) is 12.2 Å². The monoisotopic (exact) mass is 452 g/mol. The van der Waals surface area contributed by atoms with Crippen molar-refractivity contribution in [3.63, 3.8) is 0 Å². The predicted octanol–water partition coefficient (Wildman–Crippen LogP) is 0.926. The molecule has 11 nitrogen and oxygen atoms in total. The van der Waals surface area contributed by atoms with E-state index in [4.69, 9.17) is 28.4 Å². The average molecular weight is 452 g/mol. The van der Waals surface area contributed by atoms with Crippen LogP contribution in [0.1, 0.15) is 38.1 Å². The van der Waals surface area contributed by atoms with Crippen LogP contribution < -0.4 is 0 Å². The summed E-state index contributed by atoms with van der Waals surface area (Å²) in [6, 6.07) is 7.92. The fourth-order valence-electron chi connectivity index (χ4n) is 3.03. The summed E-state index contributed by atoms with van der Waals surface area (Å²) in [4.78, 5) is 59.1. The van der Waals surface area contributed by atoms with Gasteiger partial charge in [-0.15, -0.1) is 0 Å². The Morgan fingerprint density at radius 1 is 0.719 bits per heavy atom. The molecule has 174 valence electrons. The van der Waals surface area contributed by atoms with Gasteiger partial charge in [-0.05, 0) is 12.1 Å². The molecule has 0 bridgehead atoms. The van der Waals surface area contributed by atoms with Gasteiger partial charge < -0.3 is 28.4 Å². The van der Waals surface area contributed by atoms with Crippen molar-refractivity contribution in [2.24, 2.45) is 0 Å². The number of hydrogen-bond acceptors (Lipinski definition) is 11. The Bertz CT molecular complexity index is 851. The average Bonchev–Trinajstić information content (AvgIpc) is 2.70. The Balaban J connectivity index is 2.42. The van der Waals surface area contributed by atoms with Gasteiger partial charge in [0.1, 0.15) is 12.7 Å². The second kappa shape index (κ2) is 11.2. The van der Waals surface area contributed by atoms with E-state index in [9.17, 15) is 24.0 Å². The van der Waals surface area contributed by atoms with Crippen LogP contribution in [-0.4, -0.2) is 67.2 Å². The molecule has 1 aliphatic rings. The molecule has 0 aliphatic carbocycles. The van der Waals surface area contributed by atoms with Gasteiger partial charge in [0.25, 0.3) is 0 Å². The Morgan fingerprint density at radius 3 is 1.78 bits per heavy atom. The SMILES string of the molecule is CC(=O)OC[C@H]1O[C@@H](OC(=O)c2ccccc2)[C@H](OC(C)=O)[C@@H](OC(C)=O)[C@H]1OC(C)=O. The number of hydrogen-bond donors (Lipinski definition) is 0. The number of ether oxygens (including phenoxy) is 6. The number of benzene rings is 1. The first-order valence-electron chi connectivity index (χ1n) is 9.65. The predicted molar refractivity (Wildman–Crippen MR) is 104 cm³/mol. The topological polar surface area (TPSA) is 141 Å². The molecule has 11 heteroatoms. The summed E-state index contributed by atoms with van der Waals surface area (Å²) < 4.78 is 31.8. The molecule has 32 heavy (non-hydrogen) atoms. The molecule has 2 rings (SSSR count). The van der Waals surface area contributed by atoms with Gasteiger partial charge in [-0.1, -0.05) is 18.2 Å². The molecule has 0 radical (unpaired) electrons. The van der Waals surface area contributed by atoms with Crippen LogP contribution in [-0.2, 0) is 47.6 Å². The summed E-state index contributed by atoms with van der Waals surface area (Å²) in [6.45, 7) is 4.03. The second-order valence-electron chi connectivity index (χ2n) is 6.84. The zero-order valence-electron chi connectivity index (χ0n) is 18.0. The lowest BCUT2D eigenvalue weighted by Crippen LogP contribution is -2.63. The van der Waals surface area contributed by atoms with Crippen LogP contribution in [0.25, 0.3) is 0 Å². The molecule has 1 aliphatic heterocycles. The molecule has 0 N–H and O–H groups in total. The molecular formula is C21H24O11. The molecule has 1 saturated heterocycles. The molecular weight excluding hydrogens is 428 g/mol. The summed E-state index contributed by atoms with van der Waals surface area (Å²) in [5, 5.41) is 0. The molecule has 0 spiro atoms. The molecule has 0 aromatic heterocycles. The molecule has 0 saturated carbocycles. The van der Waals surface area contributed by atoms with Gasteiger partial charge in [0, 0.05) is 27.7 Å². The fourth-order valence-corrected chi connectivity index (χ4v) is 3.03. The van der Waals surface area contributed by atoms with E-state index in [1.807, 2.05) is 0 Å². The first-order chi connectivity index (χ1) is 15.1. The van der Waals surface area contributed by atoms with E-state index in [0.29, 0.717) is 0 Å². The highest BCUT2D eigenvalue weighted by molar-refractivity contribution is 5.89. The van der Waals surface area contributed by atoms with Gasteiger partial charge >= 0.3 is 29.8 Å². The minimum absolute atomic E-state index is 0.181. The lowest BCUT2D eigenvalue weighted by atomic mass is 9.98. The normalized spacial score (nSPS) is 24.6. The molecule has 1 aromatic rings. The number of carbonyl (C=O) groups is 5. The lowest BCUT2D eigenvalue weighted by Gasteiger charge is -2.43. The van der Waals surface area contributed by atoms with Crippen LogP contribution in [0, 0.1) is 0 Å². The van der Waals surface area contributed by atoms with Crippen molar-refractivity contribution in [2.75, 3.05) is 6.61 Å². The summed E-state index contributed by atoms with van der Waals surface area (Å²) in [7, 11) is 0. The van der Waals surface area contributed by atoms with Gasteiger partial charge in [-0.2, -0.15) is 0 Å². The molecule has 0 unspecified atom stereocenters. The number of esters is 5. The molecule has 0 amide bonds. The summed E-state index contributed by atoms with van der Waals surface area (Å²) >= 11 is 0. The van der Waals surface area contributed by atoms with E-state index in [0.717, 1.165) is 27.7 Å². The molecule has 5 atom stereocenters. The van der Waals surface area contributed by atoms with Crippen molar-refractivity contribution in [3.05, 3.63) is 35.9 Å². The summed E-state index contributed by atoms with van der Waals surface area (Å²) in [6.07, 6.45) is -6.98. The third kappa shape index (κ3) is 7.05. The van der Waals surface area contributed by atoms with Crippen LogP contribution in [0.3, 0.4) is 0 Å². The zero-order chi connectivity index (χ0) is 23.8. The Hall–Kier alpha value is -3.47. The minimum atomic E-state index is -1.57. The van der Waals surface area contributed by atoms with Gasteiger partial charge in [0.2, 0.25) is 12.4 Å². The maximum atomic E-state index is 12.6. The van der Waals surface area contributed by atoms with Crippen molar-refractivity contribution in [1.82, 2.24) is 0 Å². The lowest BCUT2D eigenvalue weighted by molar-refractivity contribution is -0.294. The fraction of sp³-hybridized carbons (Fsp3) is 0.476. The van der Waals surface area contributed by atoms with E-state index >= 15 is 0 Å². The minimum Gasteiger partial charge on any atom is -0.463 e. The first-order valence-corrected chi connectivity index (χ1v) is 9.65. The van der Waals surface area contributed by atoms with Crippen molar-refractivity contribution in [2.45, 2.75) is 58.4 Å². The van der Waals surface area contributed by atoms with E-state index < -0.39 is 67.2 Å². The Labute approximate surface area is 183 Å². The van der Waals surface area contributed by atoms with Gasteiger partial charge in [-0.25, -0.2) is 4.79 Å². The quantitative estimate of drug-likeness (QED) is 0.431. The molecule has 1 fully saturated rings. The van der Waals surface area contributed by atoms with E-state index in [-0.39, 0.29) is 5.56 Å². The maximum Gasteiger partial charge on any atom is 0.340 e. The van der Waals surface area contributed by atoms with Crippen LogP contribution in [0.15, 0.2) is 30.3 Å². The van der Waals surface area contributed by atoms with Crippen LogP contribution >= 0.6 is 0 Å². The molecule has 1 heterocycles. The first kappa shape index (κ1) is 24.8. The van der Waals surface area contributed by atoms with Crippen LogP contribution in [0.2, 0.25) is 0 Å². The third-order valence-corrected chi connectivity index (χ3v) is 4.18. The largest absolute Gasteiger partial charge is 0.463 e. The second-order valence-corrected chi connectivity index (χ2v) is 6.84.